The molecule has 12 heavy (non-hydrogen) atoms. The highest BCUT2D eigenvalue weighted by Gasteiger charge is 2.20. The van der Waals surface area contributed by atoms with E-state index in [2.05, 4.69) is 0 Å². The zero-order chi connectivity index (χ0) is 8.97. The molecule has 0 unspecified atom stereocenters. The molecular formula is C9H12Cl2O. The van der Waals surface area contributed by atoms with Gasteiger partial charge in [-0.2, -0.15) is 0 Å². The van der Waals surface area contributed by atoms with Crippen molar-refractivity contribution in [3.63, 3.8) is 0 Å². The van der Waals surface area contributed by atoms with Crippen LogP contribution in [0, 0.1) is 5.92 Å². The summed E-state index contributed by atoms with van der Waals surface area (Å²) < 4.78 is 0. The zero-order valence-corrected chi connectivity index (χ0v) is 8.37. The summed E-state index contributed by atoms with van der Waals surface area (Å²) in [5, 5.41) is 0.452. The molecule has 0 aliphatic heterocycles. The lowest BCUT2D eigenvalue weighted by atomic mass is 10.0. The average molecular weight is 207 g/mol. The number of allylic oxidation sites excluding steroid dienone is 2. The van der Waals surface area contributed by atoms with Crippen LogP contribution < -0.4 is 0 Å². The number of alkyl halides is 1. The Balaban J connectivity index is 2.46. The highest BCUT2D eigenvalue weighted by molar-refractivity contribution is 6.36. The minimum Gasteiger partial charge on any atom is -0.295 e. The van der Waals surface area contributed by atoms with Gasteiger partial charge in [0, 0.05) is 11.0 Å². The largest absolute Gasteiger partial charge is 0.295 e. The Bertz CT molecular complexity index is 193. The summed E-state index contributed by atoms with van der Waals surface area (Å²) in [7, 11) is 0. The smallest absolute Gasteiger partial charge is 0.159 e. The van der Waals surface area contributed by atoms with Crippen LogP contribution in [0.3, 0.4) is 0 Å². The Morgan fingerprint density at radius 3 is 2.50 bits per heavy atom. The molecule has 0 saturated heterocycles. The van der Waals surface area contributed by atoms with Gasteiger partial charge < -0.3 is 0 Å². The molecule has 0 aromatic rings. The molecule has 0 spiro atoms. The summed E-state index contributed by atoms with van der Waals surface area (Å²) in [5.41, 5.74) is 0. The Hall–Kier alpha value is -0.0100. The molecular weight excluding hydrogens is 195 g/mol. The van der Waals surface area contributed by atoms with Crippen LogP contribution in [0.5, 0.6) is 0 Å². The highest BCUT2D eigenvalue weighted by atomic mass is 35.5. The van der Waals surface area contributed by atoms with Gasteiger partial charge in [-0.15, -0.1) is 11.6 Å². The normalized spacial score (nSPS) is 20.0. The topological polar surface area (TPSA) is 17.1 Å². The first-order valence-corrected chi connectivity index (χ1v) is 5.11. The van der Waals surface area contributed by atoms with Gasteiger partial charge in [0.25, 0.3) is 0 Å². The lowest BCUT2D eigenvalue weighted by Gasteiger charge is -2.02. The van der Waals surface area contributed by atoms with E-state index in [4.69, 9.17) is 23.2 Å². The number of halogens is 2. The van der Waals surface area contributed by atoms with Gasteiger partial charge in [-0.1, -0.05) is 24.4 Å². The van der Waals surface area contributed by atoms with Crippen LogP contribution in [-0.2, 0) is 4.79 Å². The van der Waals surface area contributed by atoms with Gasteiger partial charge >= 0.3 is 0 Å². The number of hydrogen-bond acceptors (Lipinski definition) is 1. The lowest BCUT2D eigenvalue weighted by Crippen LogP contribution is -2.07. The number of rotatable bonds is 3. The van der Waals surface area contributed by atoms with Crippen molar-refractivity contribution in [2.24, 2.45) is 5.92 Å². The third-order valence-electron chi connectivity index (χ3n) is 2.18. The summed E-state index contributed by atoms with van der Waals surface area (Å²) in [6.45, 7) is 0. The highest BCUT2D eigenvalue weighted by Crippen LogP contribution is 2.26. The molecule has 1 rings (SSSR count). The summed E-state index contributed by atoms with van der Waals surface area (Å²) in [6.07, 6.45) is 5.85. The van der Waals surface area contributed by atoms with E-state index in [1.165, 1.54) is 18.9 Å². The van der Waals surface area contributed by atoms with E-state index < -0.39 is 0 Å². The molecule has 0 heterocycles. The second-order valence-electron chi connectivity index (χ2n) is 3.11. The van der Waals surface area contributed by atoms with Crippen molar-refractivity contribution < 1.29 is 4.79 Å². The first-order valence-electron chi connectivity index (χ1n) is 4.20. The standard InChI is InChI=1S/C9H12Cl2O/c10-6-8(11)5-9(12)7-3-1-2-4-7/h5,7H,1-4,6H2/b8-5-. The first kappa shape index (κ1) is 10.1. The molecule has 0 amide bonds. The van der Waals surface area contributed by atoms with Crippen molar-refractivity contribution in [1.82, 2.24) is 0 Å². The van der Waals surface area contributed by atoms with E-state index in [1.54, 1.807) is 0 Å². The van der Waals surface area contributed by atoms with E-state index in [0.717, 1.165) is 12.8 Å². The fraction of sp³-hybridized carbons (Fsp3) is 0.667. The number of ketones is 1. The van der Waals surface area contributed by atoms with Crippen molar-refractivity contribution in [3.05, 3.63) is 11.1 Å². The van der Waals surface area contributed by atoms with Crippen LogP contribution >= 0.6 is 23.2 Å². The summed E-state index contributed by atoms with van der Waals surface area (Å²) in [6, 6.07) is 0. The minimum atomic E-state index is 0.151. The van der Waals surface area contributed by atoms with Crippen molar-refractivity contribution >= 4 is 29.0 Å². The van der Waals surface area contributed by atoms with Crippen molar-refractivity contribution in [2.75, 3.05) is 5.88 Å². The van der Waals surface area contributed by atoms with Crippen LogP contribution in [0.4, 0.5) is 0 Å². The maximum Gasteiger partial charge on any atom is 0.159 e. The van der Waals surface area contributed by atoms with Gasteiger partial charge in [-0.3, -0.25) is 4.79 Å². The van der Waals surface area contributed by atoms with Crippen LogP contribution in [0.1, 0.15) is 25.7 Å². The molecule has 3 heteroatoms. The number of carbonyl (C=O) groups is 1. The minimum absolute atomic E-state index is 0.151. The van der Waals surface area contributed by atoms with Gasteiger partial charge in [0.05, 0.1) is 5.88 Å². The Labute approximate surface area is 82.7 Å². The van der Waals surface area contributed by atoms with Crippen molar-refractivity contribution in [3.8, 4) is 0 Å². The van der Waals surface area contributed by atoms with E-state index in [1.807, 2.05) is 0 Å². The predicted octanol–water partition coefficient (Wildman–Crippen LogP) is 3.11. The monoisotopic (exact) mass is 206 g/mol. The van der Waals surface area contributed by atoms with Crippen molar-refractivity contribution in [1.29, 1.82) is 0 Å². The average Bonchev–Trinajstić information content (AvgIpc) is 2.56. The second kappa shape index (κ2) is 4.88. The summed E-state index contributed by atoms with van der Waals surface area (Å²) in [5.74, 6) is 0.597. The third kappa shape index (κ3) is 2.80. The summed E-state index contributed by atoms with van der Waals surface area (Å²) in [4.78, 5) is 11.4. The lowest BCUT2D eigenvalue weighted by molar-refractivity contribution is -0.118. The van der Waals surface area contributed by atoms with Crippen LogP contribution in [-0.4, -0.2) is 11.7 Å². The molecule has 0 atom stereocenters. The molecule has 1 aliphatic carbocycles. The van der Waals surface area contributed by atoms with E-state index in [9.17, 15) is 4.79 Å². The van der Waals surface area contributed by atoms with Gasteiger partial charge in [0.1, 0.15) is 0 Å². The van der Waals surface area contributed by atoms with E-state index in [0.29, 0.717) is 5.03 Å². The molecule has 1 aliphatic rings. The number of hydrogen-bond donors (Lipinski definition) is 0. The van der Waals surface area contributed by atoms with Gasteiger partial charge in [-0.25, -0.2) is 0 Å². The SMILES string of the molecule is O=C(/C=C(\Cl)CCl)C1CCCC1. The maximum atomic E-state index is 11.4. The molecule has 0 radical (unpaired) electrons. The quantitative estimate of drug-likeness (QED) is 0.513. The zero-order valence-electron chi connectivity index (χ0n) is 6.85. The molecule has 0 bridgehead atoms. The molecule has 1 fully saturated rings. The maximum absolute atomic E-state index is 11.4. The molecule has 0 N–H and O–H groups in total. The van der Waals surface area contributed by atoms with Crippen LogP contribution in [0.25, 0.3) is 0 Å². The van der Waals surface area contributed by atoms with Crippen LogP contribution in [0.2, 0.25) is 0 Å². The fourth-order valence-electron chi connectivity index (χ4n) is 1.52. The molecule has 68 valence electrons. The Morgan fingerprint density at radius 2 is 2.00 bits per heavy atom. The van der Waals surface area contributed by atoms with Crippen LogP contribution in [0.15, 0.2) is 11.1 Å². The molecule has 0 aromatic heterocycles. The Kier molecular flexibility index (Phi) is 4.10. The molecule has 1 nitrogen and oxygen atoms in total. The van der Waals surface area contributed by atoms with E-state index in [-0.39, 0.29) is 17.6 Å². The Morgan fingerprint density at radius 1 is 1.42 bits per heavy atom. The molecule has 0 aromatic carbocycles. The van der Waals surface area contributed by atoms with Gasteiger partial charge in [0.2, 0.25) is 0 Å². The summed E-state index contributed by atoms with van der Waals surface area (Å²) >= 11 is 11.1. The molecule has 1 saturated carbocycles. The van der Waals surface area contributed by atoms with Crippen molar-refractivity contribution in [2.45, 2.75) is 25.7 Å². The van der Waals surface area contributed by atoms with Gasteiger partial charge in [0.15, 0.2) is 5.78 Å². The second-order valence-corrected chi connectivity index (χ2v) is 3.86. The predicted molar refractivity (Wildman–Crippen MR) is 51.6 cm³/mol. The fourth-order valence-corrected chi connectivity index (χ4v) is 1.71. The number of carbonyl (C=O) groups excluding carboxylic acids is 1. The first-order chi connectivity index (χ1) is 5.74. The third-order valence-corrected chi connectivity index (χ3v) is 2.85. The van der Waals surface area contributed by atoms with E-state index >= 15 is 0 Å². The van der Waals surface area contributed by atoms with Gasteiger partial charge in [-0.05, 0) is 18.9 Å².